The number of benzene rings is 1. The van der Waals surface area contributed by atoms with E-state index in [0.29, 0.717) is 0 Å². The second-order valence-electron chi connectivity index (χ2n) is 3.99. The molecule has 1 aromatic carbocycles. The summed E-state index contributed by atoms with van der Waals surface area (Å²) in [6.07, 6.45) is 4.33. The van der Waals surface area contributed by atoms with Gasteiger partial charge in [-0.05, 0) is 23.8 Å². The van der Waals surface area contributed by atoms with Crippen LogP contribution in [0.5, 0.6) is 0 Å². The molecule has 0 radical (unpaired) electrons. The summed E-state index contributed by atoms with van der Waals surface area (Å²) in [7, 11) is 0. The van der Waals surface area contributed by atoms with Crippen LogP contribution in [-0.2, 0) is 0 Å². The molecule has 0 unspecified atom stereocenters. The number of rotatable bonds is 3. The summed E-state index contributed by atoms with van der Waals surface area (Å²) >= 11 is 0. The first-order valence-corrected chi connectivity index (χ1v) is 4.91. The van der Waals surface area contributed by atoms with Crippen LogP contribution in [0.1, 0.15) is 37.7 Å². The van der Waals surface area contributed by atoms with E-state index in [1.807, 2.05) is 0 Å². The minimum Gasteiger partial charge on any atom is -0.0622 e. The van der Waals surface area contributed by atoms with E-state index in [1.165, 1.54) is 24.8 Å². The van der Waals surface area contributed by atoms with Gasteiger partial charge in [0.1, 0.15) is 0 Å². The van der Waals surface area contributed by atoms with Crippen LogP contribution in [0.15, 0.2) is 30.3 Å². The zero-order valence-corrected chi connectivity index (χ0v) is 7.66. The maximum Gasteiger partial charge on any atom is -0.0188 e. The first-order chi connectivity index (χ1) is 5.86. The Morgan fingerprint density at radius 3 is 2.50 bits per heavy atom. The fraction of sp³-hybridized carbons (Fsp3) is 0.500. The molecule has 0 heteroatoms. The van der Waals surface area contributed by atoms with Gasteiger partial charge in [-0.2, -0.15) is 0 Å². The van der Waals surface area contributed by atoms with Gasteiger partial charge in [-0.25, -0.2) is 0 Å². The van der Waals surface area contributed by atoms with E-state index < -0.39 is 0 Å². The molecule has 0 amide bonds. The van der Waals surface area contributed by atoms with Gasteiger partial charge in [0.15, 0.2) is 0 Å². The van der Waals surface area contributed by atoms with Crippen LogP contribution >= 0.6 is 0 Å². The molecule has 0 bridgehead atoms. The van der Waals surface area contributed by atoms with E-state index in [4.69, 9.17) is 0 Å². The van der Waals surface area contributed by atoms with Crippen molar-refractivity contribution in [1.29, 1.82) is 0 Å². The van der Waals surface area contributed by atoms with Gasteiger partial charge in [-0.3, -0.25) is 0 Å². The minimum atomic E-state index is 0.763. The quantitative estimate of drug-likeness (QED) is 0.634. The molecular weight excluding hydrogens is 144 g/mol. The normalized spacial score (nSPS) is 19.1. The summed E-state index contributed by atoms with van der Waals surface area (Å²) in [5.74, 6) is 1.80. The molecular formula is C12H16. The highest BCUT2D eigenvalue weighted by Gasteiger charge is 2.23. The zero-order chi connectivity index (χ0) is 8.39. The lowest BCUT2D eigenvalue weighted by molar-refractivity contribution is 0.619. The SMILES string of the molecule is C[C@@H](CC1CC1)c1ccccc1. The van der Waals surface area contributed by atoms with Crippen molar-refractivity contribution in [3.05, 3.63) is 35.9 Å². The van der Waals surface area contributed by atoms with E-state index in [0.717, 1.165) is 11.8 Å². The lowest BCUT2D eigenvalue weighted by Crippen LogP contribution is -1.93. The molecule has 0 heterocycles. The Labute approximate surface area is 74.6 Å². The number of hydrogen-bond acceptors (Lipinski definition) is 0. The first kappa shape index (κ1) is 7.85. The van der Waals surface area contributed by atoms with Crippen molar-refractivity contribution in [2.75, 3.05) is 0 Å². The van der Waals surface area contributed by atoms with Crippen LogP contribution in [0.3, 0.4) is 0 Å². The molecule has 0 aliphatic heterocycles. The molecule has 0 nitrogen and oxygen atoms in total. The Hall–Kier alpha value is -0.780. The van der Waals surface area contributed by atoms with Crippen molar-refractivity contribution in [2.24, 2.45) is 5.92 Å². The highest BCUT2D eigenvalue weighted by atomic mass is 14.3. The third-order valence-electron chi connectivity index (χ3n) is 2.75. The summed E-state index contributed by atoms with van der Waals surface area (Å²) < 4.78 is 0. The molecule has 2 rings (SSSR count). The standard InChI is InChI=1S/C12H16/c1-10(9-11-7-8-11)12-5-3-2-4-6-12/h2-6,10-11H,7-9H2,1H3/t10-/m0/s1. The van der Waals surface area contributed by atoms with Crippen molar-refractivity contribution < 1.29 is 0 Å². The largest absolute Gasteiger partial charge is 0.0622 e. The molecule has 0 saturated heterocycles. The Morgan fingerprint density at radius 2 is 1.92 bits per heavy atom. The molecule has 0 N–H and O–H groups in total. The summed E-state index contributed by atoms with van der Waals surface area (Å²) in [4.78, 5) is 0. The summed E-state index contributed by atoms with van der Waals surface area (Å²) in [6, 6.07) is 10.9. The van der Waals surface area contributed by atoms with Crippen molar-refractivity contribution in [2.45, 2.75) is 32.1 Å². The molecule has 1 fully saturated rings. The van der Waals surface area contributed by atoms with Gasteiger partial charge in [-0.15, -0.1) is 0 Å². The van der Waals surface area contributed by atoms with Gasteiger partial charge in [-0.1, -0.05) is 50.1 Å². The fourth-order valence-corrected chi connectivity index (χ4v) is 1.77. The van der Waals surface area contributed by atoms with Gasteiger partial charge in [0.2, 0.25) is 0 Å². The van der Waals surface area contributed by atoms with E-state index in [-0.39, 0.29) is 0 Å². The molecule has 12 heavy (non-hydrogen) atoms. The van der Waals surface area contributed by atoms with Gasteiger partial charge >= 0.3 is 0 Å². The average molecular weight is 160 g/mol. The van der Waals surface area contributed by atoms with Crippen LogP contribution in [0, 0.1) is 5.92 Å². The lowest BCUT2D eigenvalue weighted by Gasteiger charge is -2.09. The second-order valence-corrected chi connectivity index (χ2v) is 3.99. The van der Waals surface area contributed by atoms with Gasteiger partial charge < -0.3 is 0 Å². The predicted octanol–water partition coefficient (Wildman–Crippen LogP) is 3.59. The molecule has 0 aromatic heterocycles. The summed E-state index contributed by atoms with van der Waals surface area (Å²) in [5, 5.41) is 0. The average Bonchev–Trinajstić information content (AvgIpc) is 2.90. The molecule has 0 spiro atoms. The molecule has 1 atom stereocenters. The van der Waals surface area contributed by atoms with Crippen molar-refractivity contribution in [3.63, 3.8) is 0 Å². The highest BCUT2D eigenvalue weighted by Crippen LogP contribution is 2.38. The van der Waals surface area contributed by atoms with Gasteiger partial charge in [0.25, 0.3) is 0 Å². The van der Waals surface area contributed by atoms with E-state index in [2.05, 4.69) is 37.3 Å². The second kappa shape index (κ2) is 3.30. The fourth-order valence-electron chi connectivity index (χ4n) is 1.77. The van der Waals surface area contributed by atoms with Crippen LogP contribution in [0.25, 0.3) is 0 Å². The summed E-state index contributed by atoms with van der Waals surface area (Å²) in [6.45, 7) is 2.34. The maximum atomic E-state index is 2.34. The monoisotopic (exact) mass is 160 g/mol. The van der Waals surface area contributed by atoms with Crippen LogP contribution in [-0.4, -0.2) is 0 Å². The van der Waals surface area contributed by atoms with Crippen molar-refractivity contribution in [1.82, 2.24) is 0 Å². The summed E-state index contributed by atoms with van der Waals surface area (Å²) in [5.41, 5.74) is 1.50. The molecule has 1 saturated carbocycles. The van der Waals surface area contributed by atoms with Gasteiger partial charge in [0, 0.05) is 0 Å². The third kappa shape index (κ3) is 1.88. The van der Waals surface area contributed by atoms with Gasteiger partial charge in [0.05, 0.1) is 0 Å². The minimum absolute atomic E-state index is 0.763. The predicted molar refractivity (Wildman–Crippen MR) is 52.2 cm³/mol. The highest BCUT2D eigenvalue weighted by molar-refractivity contribution is 5.18. The smallest absolute Gasteiger partial charge is 0.0188 e. The van der Waals surface area contributed by atoms with E-state index in [1.54, 1.807) is 0 Å². The Kier molecular flexibility index (Phi) is 2.16. The first-order valence-electron chi connectivity index (χ1n) is 4.91. The molecule has 1 aliphatic carbocycles. The molecule has 1 aliphatic rings. The van der Waals surface area contributed by atoms with Crippen LogP contribution in [0.2, 0.25) is 0 Å². The Morgan fingerprint density at radius 1 is 1.25 bits per heavy atom. The number of hydrogen-bond donors (Lipinski definition) is 0. The molecule has 1 aromatic rings. The maximum absolute atomic E-state index is 2.34. The Balaban J connectivity index is 1.98. The zero-order valence-electron chi connectivity index (χ0n) is 7.66. The van der Waals surface area contributed by atoms with E-state index >= 15 is 0 Å². The van der Waals surface area contributed by atoms with Crippen LogP contribution in [0.4, 0.5) is 0 Å². The lowest BCUT2D eigenvalue weighted by atomic mass is 9.96. The topological polar surface area (TPSA) is 0 Å². The molecule has 64 valence electrons. The van der Waals surface area contributed by atoms with Crippen LogP contribution < -0.4 is 0 Å². The van der Waals surface area contributed by atoms with E-state index in [9.17, 15) is 0 Å². The van der Waals surface area contributed by atoms with Crippen molar-refractivity contribution >= 4 is 0 Å². The third-order valence-corrected chi connectivity index (χ3v) is 2.75. The Bertz CT molecular complexity index is 233. The van der Waals surface area contributed by atoms with Crippen molar-refractivity contribution in [3.8, 4) is 0 Å².